The van der Waals surface area contributed by atoms with Crippen molar-refractivity contribution in [3.05, 3.63) is 34.2 Å². The van der Waals surface area contributed by atoms with Crippen LogP contribution in [0.2, 0.25) is 0 Å². The lowest BCUT2D eigenvalue weighted by atomic mass is 10.1. The fraction of sp³-hybridized carbons (Fsp3) is 0.467. The highest BCUT2D eigenvalue weighted by molar-refractivity contribution is 8.00. The first-order valence-corrected chi connectivity index (χ1v) is 8.28. The number of benzene rings is 1. The highest BCUT2D eigenvalue weighted by atomic mass is 32.2. The third-order valence-electron chi connectivity index (χ3n) is 3.94. The predicted molar refractivity (Wildman–Crippen MR) is 85.7 cm³/mol. The average molecular weight is 305 g/mol. The second-order valence-corrected chi connectivity index (χ2v) is 6.62. The number of carbonyl (C=O) groups is 1. The van der Waals surface area contributed by atoms with Gasteiger partial charge in [0.25, 0.3) is 5.91 Å². The topological polar surface area (TPSA) is 58.1 Å². The summed E-state index contributed by atoms with van der Waals surface area (Å²) in [6.45, 7) is 2.94. The lowest BCUT2D eigenvalue weighted by Crippen LogP contribution is -2.34. The molecule has 2 heterocycles. The van der Waals surface area contributed by atoms with E-state index in [2.05, 4.69) is 11.9 Å². The van der Waals surface area contributed by atoms with Gasteiger partial charge in [-0.05, 0) is 24.6 Å². The molecular weight excluding hydrogens is 286 g/mol. The first-order chi connectivity index (χ1) is 10.1. The molecule has 6 heteroatoms. The fourth-order valence-corrected chi connectivity index (χ4v) is 4.13. The normalized spacial score (nSPS) is 18.6. The molecule has 0 aliphatic carbocycles. The minimum absolute atomic E-state index is 0.0602. The van der Waals surface area contributed by atoms with Gasteiger partial charge in [0, 0.05) is 24.9 Å². The number of nitrogens with zero attached hydrogens (tertiary/aromatic N) is 2. The van der Waals surface area contributed by atoms with Crippen LogP contribution in [0.25, 0.3) is 11.0 Å². The number of H-pyrrole nitrogens is 1. The van der Waals surface area contributed by atoms with Crippen LogP contribution in [0.5, 0.6) is 0 Å². The number of amides is 1. The number of carbonyl (C=O) groups excluding carboxylic acids is 1. The van der Waals surface area contributed by atoms with Gasteiger partial charge in [0.1, 0.15) is 0 Å². The first-order valence-electron chi connectivity index (χ1n) is 7.23. The molecule has 0 saturated carbocycles. The number of thioether (sulfide) groups is 1. The van der Waals surface area contributed by atoms with Crippen molar-refractivity contribution in [1.82, 2.24) is 14.5 Å². The van der Waals surface area contributed by atoms with E-state index in [9.17, 15) is 9.59 Å². The van der Waals surface area contributed by atoms with Crippen LogP contribution in [-0.2, 0) is 7.05 Å². The van der Waals surface area contributed by atoms with E-state index in [0.29, 0.717) is 11.1 Å². The molecule has 1 fully saturated rings. The van der Waals surface area contributed by atoms with Gasteiger partial charge in [0.15, 0.2) is 0 Å². The summed E-state index contributed by atoms with van der Waals surface area (Å²) in [5, 5.41) is 0.285. The SMILES string of the molecule is CCCC1SCCN1C(=O)c1ccc2c(c1)[nH]c(=O)n2C. The molecular formula is C15H19N3O2S. The van der Waals surface area contributed by atoms with Crippen LogP contribution in [0.3, 0.4) is 0 Å². The maximum atomic E-state index is 12.7. The Morgan fingerprint density at radius 3 is 3.05 bits per heavy atom. The molecule has 5 nitrogen and oxygen atoms in total. The van der Waals surface area contributed by atoms with E-state index in [0.717, 1.165) is 30.7 Å². The number of fused-ring (bicyclic) bond motifs is 1. The number of hydrogen-bond donors (Lipinski definition) is 1. The van der Waals surface area contributed by atoms with Crippen LogP contribution < -0.4 is 5.69 Å². The molecule has 1 saturated heterocycles. The summed E-state index contributed by atoms with van der Waals surface area (Å²) >= 11 is 1.85. The van der Waals surface area contributed by atoms with E-state index in [1.54, 1.807) is 17.7 Å². The zero-order chi connectivity index (χ0) is 15.0. The first kappa shape index (κ1) is 14.3. The summed E-state index contributed by atoms with van der Waals surface area (Å²) in [6, 6.07) is 5.42. The van der Waals surface area contributed by atoms with E-state index in [1.165, 1.54) is 0 Å². The molecule has 1 aliphatic rings. The van der Waals surface area contributed by atoms with Crippen LogP contribution in [-0.4, -0.2) is 38.0 Å². The molecule has 2 aromatic rings. The Morgan fingerprint density at radius 1 is 1.48 bits per heavy atom. The van der Waals surface area contributed by atoms with Crippen LogP contribution in [0, 0.1) is 0 Å². The highest BCUT2D eigenvalue weighted by Crippen LogP contribution is 2.29. The third kappa shape index (κ3) is 2.48. The third-order valence-corrected chi connectivity index (χ3v) is 5.23. The Kier molecular flexibility index (Phi) is 3.80. The predicted octanol–water partition coefficient (Wildman–Crippen LogP) is 2.18. The largest absolute Gasteiger partial charge is 0.326 e. The number of imidazole rings is 1. The number of hydrogen-bond acceptors (Lipinski definition) is 3. The second-order valence-electron chi connectivity index (χ2n) is 5.33. The van der Waals surface area contributed by atoms with Crippen molar-refractivity contribution in [2.75, 3.05) is 12.3 Å². The standard InChI is InChI=1S/C15H19N3O2S/c1-3-4-13-18(7-8-21-13)14(19)10-5-6-12-11(9-10)16-15(20)17(12)2/h5-6,9,13H,3-4,7-8H2,1-2H3,(H,16,20). The molecule has 21 heavy (non-hydrogen) atoms. The van der Waals surface area contributed by atoms with Gasteiger partial charge < -0.3 is 9.88 Å². The fourth-order valence-electron chi connectivity index (χ4n) is 2.78. The van der Waals surface area contributed by atoms with E-state index < -0.39 is 0 Å². The molecule has 0 radical (unpaired) electrons. The zero-order valence-corrected chi connectivity index (χ0v) is 13.1. The lowest BCUT2D eigenvalue weighted by molar-refractivity contribution is 0.0756. The lowest BCUT2D eigenvalue weighted by Gasteiger charge is -2.23. The van der Waals surface area contributed by atoms with Crippen molar-refractivity contribution in [1.29, 1.82) is 0 Å². The van der Waals surface area contributed by atoms with Gasteiger partial charge in [0.2, 0.25) is 0 Å². The molecule has 3 rings (SSSR count). The summed E-state index contributed by atoms with van der Waals surface area (Å²) in [6.07, 6.45) is 2.10. The minimum atomic E-state index is -0.157. The number of nitrogens with one attached hydrogen (secondary N) is 1. The minimum Gasteiger partial charge on any atom is -0.326 e. The number of aryl methyl sites for hydroxylation is 1. The van der Waals surface area contributed by atoms with Gasteiger partial charge in [-0.3, -0.25) is 9.36 Å². The zero-order valence-electron chi connectivity index (χ0n) is 12.3. The van der Waals surface area contributed by atoms with E-state index in [4.69, 9.17) is 0 Å². The van der Waals surface area contributed by atoms with Crippen molar-refractivity contribution in [2.24, 2.45) is 7.05 Å². The number of aromatic amines is 1. The van der Waals surface area contributed by atoms with Crippen molar-refractivity contribution in [3.8, 4) is 0 Å². The number of aromatic nitrogens is 2. The Morgan fingerprint density at radius 2 is 2.29 bits per heavy atom. The van der Waals surface area contributed by atoms with E-state index in [1.807, 2.05) is 28.8 Å². The molecule has 1 aromatic carbocycles. The summed E-state index contributed by atoms with van der Waals surface area (Å²) in [5.41, 5.74) is 2.02. The van der Waals surface area contributed by atoms with Crippen LogP contribution >= 0.6 is 11.8 Å². The van der Waals surface area contributed by atoms with Gasteiger partial charge in [-0.25, -0.2) is 4.79 Å². The smallest absolute Gasteiger partial charge is 0.326 e. The molecule has 0 spiro atoms. The molecule has 1 unspecified atom stereocenters. The monoisotopic (exact) mass is 305 g/mol. The average Bonchev–Trinajstić information content (AvgIpc) is 3.04. The van der Waals surface area contributed by atoms with Crippen LogP contribution in [0.4, 0.5) is 0 Å². The van der Waals surface area contributed by atoms with Crippen molar-refractivity contribution >= 4 is 28.7 Å². The van der Waals surface area contributed by atoms with Crippen molar-refractivity contribution < 1.29 is 4.79 Å². The molecule has 1 amide bonds. The van der Waals surface area contributed by atoms with Gasteiger partial charge in [-0.2, -0.15) is 0 Å². The molecule has 1 N–H and O–H groups in total. The van der Waals surface area contributed by atoms with Crippen molar-refractivity contribution in [3.63, 3.8) is 0 Å². The van der Waals surface area contributed by atoms with Crippen LogP contribution in [0.1, 0.15) is 30.1 Å². The summed E-state index contributed by atoms with van der Waals surface area (Å²) < 4.78 is 1.55. The Balaban J connectivity index is 1.92. The summed E-state index contributed by atoms with van der Waals surface area (Å²) in [4.78, 5) is 29.0. The molecule has 0 bridgehead atoms. The Bertz CT molecular complexity index is 734. The van der Waals surface area contributed by atoms with Gasteiger partial charge in [-0.1, -0.05) is 13.3 Å². The van der Waals surface area contributed by atoms with Crippen LogP contribution in [0.15, 0.2) is 23.0 Å². The van der Waals surface area contributed by atoms with E-state index in [-0.39, 0.29) is 17.0 Å². The maximum Gasteiger partial charge on any atom is 0.326 e. The van der Waals surface area contributed by atoms with E-state index >= 15 is 0 Å². The summed E-state index contributed by atoms with van der Waals surface area (Å²) in [7, 11) is 1.72. The maximum absolute atomic E-state index is 12.7. The summed E-state index contributed by atoms with van der Waals surface area (Å²) in [5.74, 6) is 1.06. The quantitative estimate of drug-likeness (QED) is 0.945. The highest BCUT2D eigenvalue weighted by Gasteiger charge is 2.29. The van der Waals surface area contributed by atoms with Gasteiger partial charge in [-0.15, -0.1) is 11.8 Å². The Labute approximate surface area is 127 Å². The molecule has 112 valence electrons. The Hall–Kier alpha value is -1.69. The van der Waals surface area contributed by atoms with Crippen molar-refractivity contribution in [2.45, 2.75) is 25.1 Å². The molecule has 1 aromatic heterocycles. The molecule has 1 atom stereocenters. The number of rotatable bonds is 3. The van der Waals surface area contributed by atoms with Gasteiger partial charge in [0.05, 0.1) is 16.4 Å². The second kappa shape index (κ2) is 5.60. The molecule has 1 aliphatic heterocycles. The van der Waals surface area contributed by atoms with Gasteiger partial charge >= 0.3 is 5.69 Å².